The van der Waals surface area contributed by atoms with Crippen molar-refractivity contribution in [3.63, 3.8) is 0 Å². The Morgan fingerprint density at radius 3 is 2.65 bits per heavy atom. The van der Waals surface area contributed by atoms with E-state index in [0.717, 1.165) is 61.9 Å². The summed E-state index contributed by atoms with van der Waals surface area (Å²) in [6, 6.07) is 8.92. The first-order valence-corrected chi connectivity index (χ1v) is 11.9. The van der Waals surface area contributed by atoms with Crippen LogP contribution in [0.15, 0.2) is 35.5 Å². The standard InChI is InChI=1S/C25H36N8O/c1-18-12-19-4-5-20(22(15-26)16-28-6-11-34-3)13-21(19)17-33(18)24-14-23(29-25(27)30-24)32-9-7-31(2)8-10-32/h4-5,13-16,18H,6-12,17,26H2,1-3H3,(H2,27,29,30). The molecule has 1 atom stereocenters. The molecule has 0 aliphatic carbocycles. The van der Waals surface area contributed by atoms with E-state index in [4.69, 9.17) is 16.2 Å². The number of fused-ring (bicyclic) bond motifs is 1. The summed E-state index contributed by atoms with van der Waals surface area (Å²) < 4.78 is 5.07. The fourth-order valence-corrected chi connectivity index (χ4v) is 4.53. The fourth-order valence-electron chi connectivity index (χ4n) is 4.53. The predicted molar refractivity (Wildman–Crippen MR) is 139 cm³/mol. The molecule has 4 N–H and O–H groups in total. The molecule has 0 radical (unpaired) electrons. The molecule has 9 nitrogen and oxygen atoms in total. The number of rotatable bonds is 7. The van der Waals surface area contributed by atoms with Crippen LogP contribution in [0.2, 0.25) is 0 Å². The largest absolute Gasteiger partial charge is 0.404 e. The number of likely N-dealkylation sites (N-methyl/N-ethyl adjacent to an activating group) is 1. The highest BCUT2D eigenvalue weighted by molar-refractivity contribution is 6.09. The second kappa shape index (κ2) is 10.8. The van der Waals surface area contributed by atoms with Crippen LogP contribution in [0.5, 0.6) is 0 Å². The van der Waals surface area contributed by atoms with Gasteiger partial charge in [0.15, 0.2) is 0 Å². The molecule has 182 valence electrons. The molecule has 4 rings (SSSR count). The number of methoxy groups -OCH3 is 1. The summed E-state index contributed by atoms with van der Waals surface area (Å²) in [5.41, 5.74) is 16.6. The minimum Gasteiger partial charge on any atom is -0.404 e. The number of aliphatic imine (C=N–C) groups is 1. The summed E-state index contributed by atoms with van der Waals surface area (Å²) >= 11 is 0. The number of aromatic nitrogens is 2. The van der Waals surface area contributed by atoms with Crippen molar-refractivity contribution in [2.75, 3.05) is 69.0 Å². The Kier molecular flexibility index (Phi) is 7.64. The molecule has 34 heavy (non-hydrogen) atoms. The second-order valence-corrected chi connectivity index (χ2v) is 9.05. The molecule has 2 aromatic rings. The second-order valence-electron chi connectivity index (χ2n) is 9.05. The number of hydrogen-bond donors (Lipinski definition) is 2. The van der Waals surface area contributed by atoms with Crippen molar-refractivity contribution in [3.8, 4) is 0 Å². The summed E-state index contributed by atoms with van der Waals surface area (Å²) in [6.07, 6.45) is 4.36. The van der Waals surface area contributed by atoms with E-state index in [1.54, 1.807) is 13.3 Å². The van der Waals surface area contributed by atoms with Crippen LogP contribution in [0.25, 0.3) is 5.57 Å². The monoisotopic (exact) mass is 464 g/mol. The van der Waals surface area contributed by atoms with Gasteiger partial charge in [0.25, 0.3) is 0 Å². The highest BCUT2D eigenvalue weighted by Gasteiger charge is 2.26. The van der Waals surface area contributed by atoms with Crippen molar-refractivity contribution < 1.29 is 4.74 Å². The van der Waals surface area contributed by atoms with Crippen LogP contribution in [0.4, 0.5) is 17.6 Å². The van der Waals surface area contributed by atoms with Gasteiger partial charge in [0.2, 0.25) is 5.95 Å². The van der Waals surface area contributed by atoms with Gasteiger partial charge in [-0.25, -0.2) is 0 Å². The number of nitrogen functional groups attached to an aromatic ring is 1. The molecule has 2 aliphatic heterocycles. The summed E-state index contributed by atoms with van der Waals surface area (Å²) in [7, 11) is 3.82. The quantitative estimate of drug-likeness (QED) is 0.471. The molecule has 0 amide bonds. The smallest absolute Gasteiger partial charge is 0.223 e. The molecule has 0 saturated carbocycles. The lowest BCUT2D eigenvalue weighted by molar-refractivity contribution is 0.208. The molecule has 0 bridgehead atoms. The van der Waals surface area contributed by atoms with Crippen molar-refractivity contribution in [1.29, 1.82) is 0 Å². The zero-order valence-corrected chi connectivity index (χ0v) is 20.4. The maximum absolute atomic E-state index is 6.16. The van der Waals surface area contributed by atoms with Gasteiger partial charge < -0.3 is 30.9 Å². The van der Waals surface area contributed by atoms with Gasteiger partial charge >= 0.3 is 0 Å². The van der Waals surface area contributed by atoms with E-state index in [2.05, 4.69) is 67.9 Å². The average molecular weight is 465 g/mol. The van der Waals surface area contributed by atoms with Crippen LogP contribution in [0.1, 0.15) is 23.6 Å². The highest BCUT2D eigenvalue weighted by atomic mass is 16.5. The van der Waals surface area contributed by atoms with E-state index < -0.39 is 0 Å². The molecule has 1 unspecified atom stereocenters. The molecular weight excluding hydrogens is 428 g/mol. The molecule has 2 aliphatic rings. The van der Waals surface area contributed by atoms with Crippen LogP contribution < -0.4 is 21.3 Å². The number of hydrogen-bond acceptors (Lipinski definition) is 9. The summed E-state index contributed by atoms with van der Waals surface area (Å²) in [5.74, 6) is 2.10. The topological polar surface area (TPSA) is 109 Å². The Morgan fingerprint density at radius 2 is 1.91 bits per heavy atom. The van der Waals surface area contributed by atoms with Gasteiger partial charge in [-0.05, 0) is 43.1 Å². The van der Waals surface area contributed by atoms with Gasteiger partial charge in [-0.15, -0.1) is 0 Å². The number of ether oxygens (including phenoxy) is 1. The van der Waals surface area contributed by atoms with Crippen molar-refractivity contribution in [3.05, 3.63) is 47.2 Å². The van der Waals surface area contributed by atoms with E-state index in [1.807, 2.05) is 6.21 Å². The first kappa shape index (κ1) is 24.0. The van der Waals surface area contributed by atoms with Gasteiger partial charge in [0.05, 0.1) is 13.2 Å². The number of piperazine rings is 1. The summed E-state index contributed by atoms with van der Waals surface area (Å²) in [6.45, 7) is 8.09. The maximum atomic E-state index is 6.16. The maximum Gasteiger partial charge on any atom is 0.223 e. The number of anilines is 3. The van der Waals surface area contributed by atoms with Crippen LogP contribution in [-0.4, -0.2) is 80.6 Å². The van der Waals surface area contributed by atoms with Crippen LogP contribution in [0.3, 0.4) is 0 Å². The molecule has 1 aromatic heterocycles. The fraction of sp³-hybridized carbons (Fsp3) is 0.480. The summed E-state index contributed by atoms with van der Waals surface area (Å²) in [5, 5.41) is 0. The first-order valence-electron chi connectivity index (χ1n) is 11.9. The van der Waals surface area contributed by atoms with Crippen molar-refractivity contribution >= 4 is 29.4 Å². The lowest BCUT2D eigenvalue weighted by atomic mass is 9.91. The van der Waals surface area contributed by atoms with E-state index in [0.29, 0.717) is 25.1 Å². The van der Waals surface area contributed by atoms with Gasteiger partial charge in [-0.2, -0.15) is 9.97 Å². The van der Waals surface area contributed by atoms with Gasteiger partial charge in [0, 0.05) is 69.9 Å². The van der Waals surface area contributed by atoms with Crippen LogP contribution in [0, 0.1) is 0 Å². The molecule has 9 heteroatoms. The molecular formula is C25H36N8O. The highest BCUT2D eigenvalue weighted by Crippen LogP contribution is 2.31. The lowest BCUT2D eigenvalue weighted by Crippen LogP contribution is -2.45. The van der Waals surface area contributed by atoms with Crippen molar-refractivity contribution in [1.82, 2.24) is 14.9 Å². The summed E-state index contributed by atoms with van der Waals surface area (Å²) in [4.78, 5) is 20.5. The van der Waals surface area contributed by atoms with Crippen molar-refractivity contribution in [2.24, 2.45) is 10.7 Å². The molecule has 1 saturated heterocycles. The Bertz CT molecular complexity index is 1050. The molecule has 3 heterocycles. The van der Waals surface area contributed by atoms with Crippen LogP contribution in [-0.2, 0) is 17.7 Å². The molecule has 1 fully saturated rings. The molecule has 0 spiro atoms. The van der Waals surface area contributed by atoms with Gasteiger partial charge in [-0.3, -0.25) is 4.99 Å². The Hall–Kier alpha value is -3.17. The average Bonchev–Trinajstić information content (AvgIpc) is 2.83. The molecule has 1 aromatic carbocycles. The van der Waals surface area contributed by atoms with Crippen LogP contribution >= 0.6 is 0 Å². The Labute approximate surface area is 202 Å². The van der Waals surface area contributed by atoms with E-state index in [-0.39, 0.29) is 0 Å². The Balaban J connectivity index is 1.57. The number of benzene rings is 1. The third kappa shape index (κ3) is 5.48. The zero-order chi connectivity index (χ0) is 24.1. The number of nitrogens with two attached hydrogens (primary N) is 2. The zero-order valence-electron chi connectivity index (χ0n) is 20.4. The normalized spacial score (nSPS) is 19.6. The first-order chi connectivity index (χ1) is 16.5. The third-order valence-corrected chi connectivity index (χ3v) is 6.60. The van der Waals surface area contributed by atoms with Crippen molar-refractivity contribution in [2.45, 2.75) is 25.9 Å². The van der Waals surface area contributed by atoms with Gasteiger partial charge in [0.1, 0.15) is 11.6 Å². The van der Waals surface area contributed by atoms with E-state index >= 15 is 0 Å². The number of nitrogens with zero attached hydrogens (tertiary/aromatic N) is 6. The lowest BCUT2D eigenvalue weighted by Gasteiger charge is -2.37. The predicted octanol–water partition coefficient (Wildman–Crippen LogP) is 1.78. The Morgan fingerprint density at radius 1 is 1.15 bits per heavy atom. The third-order valence-electron chi connectivity index (χ3n) is 6.60. The van der Waals surface area contributed by atoms with E-state index in [9.17, 15) is 0 Å². The number of allylic oxidation sites excluding steroid dienone is 1. The van der Waals surface area contributed by atoms with E-state index in [1.165, 1.54) is 11.1 Å². The van der Waals surface area contributed by atoms with Gasteiger partial charge in [-0.1, -0.05) is 12.1 Å². The SMILES string of the molecule is COCCN=CC(=CN)c1ccc2c(c1)CN(c1cc(N3CCN(C)CC3)nc(N)n1)C(C)C2. The minimum absolute atomic E-state index is 0.299. The minimum atomic E-state index is 0.299.